The highest BCUT2D eigenvalue weighted by Crippen LogP contribution is 2.13. The number of nitrogens with zero attached hydrogens (tertiary/aromatic N) is 1. The molecule has 0 aliphatic rings. The van der Waals surface area contributed by atoms with Crippen molar-refractivity contribution in [3.63, 3.8) is 0 Å². The predicted molar refractivity (Wildman–Crippen MR) is 99.1 cm³/mol. The van der Waals surface area contributed by atoms with Crippen LogP contribution in [0.2, 0.25) is 0 Å². The zero-order chi connectivity index (χ0) is 17.6. The summed E-state index contributed by atoms with van der Waals surface area (Å²) in [4.78, 5) is 11.5. The van der Waals surface area contributed by atoms with Crippen LogP contribution < -0.4 is 26.3 Å². The van der Waals surface area contributed by atoms with E-state index < -0.39 is 5.97 Å². The van der Waals surface area contributed by atoms with Gasteiger partial charge in [-0.1, -0.05) is 64.9 Å². The highest BCUT2D eigenvalue weighted by Gasteiger charge is 2.17. The Morgan fingerprint density at radius 1 is 1.08 bits per heavy atom. The van der Waals surface area contributed by atoms with Gasteiger partial charge in [0.2, 0.25) is 0 Å². The van der Waals surface area contributed by atoms with Gasteiger partial charge in [0.1, 0.15) is 0 Å². The molecule has 0 aliphatic heterocycles. The lowest BCUT2D eigenvalue weighted by Gasteiger charge is -2.06. The van der Waals surface area contributed by atoms with Gasteiger partial charge in [0, 0.05) is 18.6 Å². The number of aromatic nitrogens is 1. The number of carbonyl (C=O) groups is 1. The number of pyridine rings is 1. The van der Waals surface area contributed by atoms with E-state index in [4.69, 9.17) is 4.74 Å². The van der Waals surface area contributed by atoms with Crippen LogP contribution in [-0.2, 0) is 11.3 Å². The number of aryl methyl sites for hydroxylation is 2. The van der Waals surface area contributed by atoms with Crippen LogP contribution in [0.1, 0.15) is 76.7 Å². The average molecular weight is 412 g/mol. The fraction of sp³-hybridized carbons (Fsp3) is 0.619. The molecule has 0 atom stereocenters. The Hall–Kier alpha value is -1.16. The van der Waals surface area contributed by atoms with Crippen molar-refractivity contribution in [3.8, 4) is 5.88 Å². The molecule has 0 amide bonds. The van der Waals surface area contributed by atoms with Gasteiger partial charge in [-0.25, -0.2) is 4.79 Å². The van der Waals surface area contributed by atoms with Gasteiger partial charge in [-0.3, -0.25) is 0 Å². The summed E-state index contributed by atoms with van der Waals surface area (Å²) in [5.41, 5.74) is 0.972. The molecular formula is C21H34BrNO2. The highest BCUT2D eigenvalue weighted by atomic mass is 79.9. The summed E-state index contributed by atoms with van der Waals surface area (Å²) in [6.45, 7) is 8.57. The van der Waals surface area contributed by atoms with Crippen LogP contribution in [0.15, 0.2) is 31.0 Å². The van der Waals surface area contributed by atoms with E-state index in [0.29, 0.717) is 5.88 Å². The molecule has 0 saturated carbocycles. The first-order chi connectivity index (χ1) is 11.7. The molecule has 142 valence electrons. The Labute approximate surface area is 164 Å². The lowest BCUT2D eigenvalue weighted by atomic mass is 10.1. The first-order valence-electron chi connectivity index (χ1n) is 9.52. The molecule has 25 heavy (non-hydrogen) atoms. The van der Waals surface area contributed by atoms with Gasteiger partial charge < -0.3 is 21.7 Å². The molecule has 0 N–H and O–H groups in total. The summed E-state index contributed by atoms with van der Waals surface area (Å²) in [6, 6.07) is 3.96. The van der Waals surface area contributed by atoms with E-state index in [0.717, 1.165) is 18.5 Å². The molecule has 0 aromatic carbocycles. The molecule has 0 fully saturated rings. The normalized spacial score (nSPS) is 10.2. The van der Waals surface area contributed by atoms with Crippen molar-refractivity contribution in [3.05, 3.63) is 36.5 Å². The van der Waals surface area contributed by atoms with Crippen molar-refractivity contribution < 1.29 is 31.1 Å². The zero-order valence-corrected chi connectivity index (χ0v) is 17.5. The second kappa shape index (κ2) is 15.1. The fourth-order valence-corrected chi connectivity index (χ4v) is 2.88. The van der Waals surface area contributed by atoms with Gasteiger partial charge in [0.25, 0.3) is 0 Å². The van der Waals surface area contributed by atoms with Crippen LogP contribution in [0, 0.1) is 6.92 Å². The smallest absolute Gasteiger partial charge is 0.378 e. The van der Waals surface area contributed by atoms with E-state index >= 15 is 0 Å². The first-order valence-corrected chi connectivity index (χ1v) is 9.52. The zero-order valence-electron chi connectivity index (χ0n) is 15.9. The van der Waals surface area contributed by atoms with Gasteiger partial charge in [0.05, 0.1) is 5.56 Å². The van der Waals surface area contributed by atoms with Crippen LogP contribution >= 0.6 is 0 Å². The molecule has 1 heterocycles. The summed E-state index contributed by atoms with van der Waals surface area (Å²) >= 11 is 0. The Morgan fingerprint density at radius 3 is 2.20 bits per heavy atom. The number of esters is 1. The quantitative estimate of drug-likeness (QED) is 0.215. The Kier molecular flexibility index (Phi) is 14.4. The van der Waals surface area contributed by atoms with E-state index in [2.05, 4.69) is 13.5 Å². The monoisotopic (exact) mass is 411 g/mol. The maximum atomic E-state index is 11.5. The molecule has 0 bridgehead atoms. The molecule has 1 aromatic heterocycles. The third-order valence-corrected chi connectivity index (χ3v) is 4.33. The van der Waals surface area contributed by atoms with Crippen molar-refractivity contribution in [2.45, 2.75) is 84.6 Å². The van der Waals surface area contributed by atoms with E-state index in [9.17, 15) is 4.79 Å². The van der Waals surface area contributed by atoms with Crippen LogP contribution in [0.3, 0.4) is 0 Å². The minimum absolute atomic E-state index is 0. The first kappa shape index (κ1) is 23.8. The molecule has 0 unspecified atom stereocenters. The summed E-state index contributed by atoms with van der Waals surface area (Å²) in [5.74, 6) is 0.236. The minimum atomic E-state index is -0.402. The van der Waals surface area contributed by atoms with Crippen molar-refractivity contribution in [1.29, 1.82) is 0 Å². The third kappa shape index (κ3) is 10.4. The predicted octanol–water partition coefficient (Wildman–Crippen LogP) is 2.30. The Morgan fingerprint density at radius 2 is 1.64 bits per heavy atom. The van der Waals surface area contributed by atoms with Gasteiger partial charge in [-0.15, -0.1) is 0 Å². The van der Waals surface area contributed by atoms with E-state index in [1.54, 1.807) is 0 Å². The van der Waals surface area contributed by atoms with Gasteiger partial charge in [-0.05, 0) is 19.4 Å². The molecule has 4 heteroatoms. The number of halogens is 1. The standard InChI is InChI=1S/C21H34NO2.BrH/c1-4-6-7-8-9-10-11-12-13-14-17-22-18-15-16-19(3)21(22)24-20(23)5-2;/h5,15-16,18H,2,4,6-14,17H2,1,3H3;1H/q+1;/p-1. The summed E-state index contributed by atoms with van der Waals surface area (Å²) in [6.07, 6.45) is 16.4. The second-order valence-corrected chi connectivity index (χ2v) is 6.50. The van der Waals surface area contributed by atoms with Crippen LogP contribution in [0.4, 0.5) is 0 Å². The molecule has 3 nitrogen and oxygen atoms in total. The summed E-state index contributed by atoms with van der Waals surface area (Å²) in [7, 11) is 0. The SMILES string of the molecule is C=CC(=O)Oc1c(C)ccc[n+]1CCCCCCCCCCCC.[Br-]. The lowest BCUT2D eigenvalue weighted by molar-refractivity contribution is -0.701. The van der Waals surface area contributed by atoms with Gasteiger partial charge >= 0.3 is 11.8 Å². The van der Waals surface area contributed by atoms with Crippen LogP contribution in [0.5, 0.6) is 5.88 Å². The van der Waals surface area contributed by atoms with Crippen molar-refractivity contribution in [2.24, 2.45) is 0 Å². The molecule has 1 aromatic rings. The van der Waals surface area contributed by atoms with E-state index in [1.807, 2.05) is 29.8 Å². The average Bonchev–Trinajstić information content (AvgIpc) is 2.59. The van der Waals surface area contributed by atoms with Gasteiger partial charge in [0.15, 0.2) is 12.7 Å². The van der Waals surface area contributed by atoms with Crippen molar-refractivity contribution in [1.82, 2.24) is 0 Å². The Balaban J connectivity index is 0.00000576. The topological polar surface area (TPSA) is 30.2 Å². The molecule has 0 aliphatic carbocycles. The number of unbranched alkanes of at least 4 members (excludes halogenated alkanes) is 9. The number of ether oxygens (including phenoxy) is 1. The summed E-state index contributed by atoms with van der Waals surface area (Å²) < 4.78 is 7.40. The molecule has 0 spiro atoms. The van der Waals surface area contributed by atoms with Crippen LogP contribution in [0.25, 0.3) is 0 Å². The fourth-order valence-electron chi connectivity index (χ4n) is 2.88. The van der Waals surface area contributed by atoms with Gasteiger partial charge in [-0.2, -0.15) is 4.57 Å². The third-order valence-electron chi connectivity index (χ3n) is 4.33. The van der Waals surface area contributed by atoms with Crippen molar-refractivity contribution in [2.75, 3.05) is 0 Å². The van der Waals surface area contributed by atoms with Crippen LogP contribution in [-0.4, -0.2) is 5.97 Å². The van der Waals surface area contributed by atoms with Crippen molar-refractivity contribution >= 4 is 5.97 Å². The highest BCUT2D eigenvalue weighted by molar-refractivity contribution is 5.83. The van der Waals surface area contributed by atoms with E-state index in [-0.39, 0.29) is 17.0 Å². The number of carbonyl (C=O) groups excluding carboxylic acids is 1. The minimum Gasteiger partial charge on any atom is -1.00 e. The second-order valence-electron chi connectivity index (χ2n) is 6.50. The summed E-state index contributed by atoms with van der Waals surface area (Å²) in [5, 5.41) is 0. The van der Waals surface area contributed by atoms with E-state index in [1.165, 1.54) is 63.9 Å². The molecule has 0 radical (unpaired) electrons. The maximum Gasteiger partial charge on any atom is 0.378 e. The number of hydrogen-bond donors (Lipinski definition) is 0. The largest absolute Gasteiger partial charge is 1.00 e. The number of hydrogen-bond acceptors (Lipinski definition) is 2. The molecule has 1 rings (SSSR count). The lowest BCUT2D eigenvalue weighted by Crippen LogP contribution is -3.00. The maximum absolute atomic E-state index is 11.5. The number of rotatable bonds is 13. The molecular weight excluding hydrogens is 378 g/mol. The Bertz CT molecular complexity index is 503. The molecule has 0 saturated heterocycles.